The van der Waals surface area contributed by atoms with Gasteiger partial charge >= 0.3 is 0 Å². The molecule has 0 aliphatic carbocycles. The van der Waals surface area contributed by atoms with E-state index in [9.17, 15) is 9.59 Å². The molecule has 3 rings (SSSR count). The van der Waals surface area contributed by atoms with Crippen molar-refractivity contribution in [3.05, 3.63) is 46.2 Å². The molecule has 1 fully saturated rings. The number of halogens is 1. The lowest BCUT2D eigenvalue weighted by atomic mass is 10.1. The van der Waals surface area contributed by atoms with Gasteiger partial charge in [0.05, 0.1) is 6.42 Å². The van der Waals surface area contributed by atoms with E-state index in [4.69, 9.17) is 11.6 Å². The number of carbonyl (C=O) groups is 2. The Kier molecular flexibility index (Phi) is 6.31. The molecule has 8 nitrogen and oxygen atoms in total. The molecule has 2 aromatic rings. The second kappa shape index (κ2) is 8.70. The molecule has 0 N–H and O–H groups in total. The summed E-state index contributed by atoms with van der Waals surface area (Å²) in [7, 11) is 3.66. The van der Waals surface area contributed by atoms with Gasteiger partial charge in [0.25, 0.3) is 0 Å². The molecule has 1 atom stereocenters. The fourth-order valence-corrected chi connectivity index (χ4v) is 3.44. The maximum atomic E-state index is 13.0. The van der Waals surface area contributed by atoms with Gasteiger partial charge in [-0.25, -0.2) is 4.63 Å². The lowest BCUT2D eigenvalue weighted by Crippen LogP contribution is -2.59. The van der Waals surface area contributed by atoms with Crippen LogP contribution in [0.3, 0.4) is 0 Å². The monoisotopic (exact) mass is 405 g/mol. The number of nitrogens with zero attached hydrogens (tertiary/aromatic N) is 5. The highest BCUT2D eigenvalue weighted by molar-refractivity contribution is 6.31. The molecule has 28 heavy (non-hydrogen) atoms. The van der Waals surface area contributed by atoms with Crippen molar-refractivity contribution >= 4 is 23.4 Å². The van der Waals surface area contributed by atoms with E-state index in [0.29, 0.717) is 42.6 Å². The minimum Gasteiger partial charge on any atom is -0.340 e. The first-order valence-corrected chi connectivity index (χ1v) is 9.49. The Labute approximate surface area is 169 Å². The van der Waals surface area contributed by atoms with Crippen LogP contribution in [0.4, 0.5) is 0 Å². The molecule has 0 bridgehead atoms. The molecule has 0 spiro atoms. The quantitative estimate of drug-likeness (QED) is 0.747. The van der Waals surface area contributed by atoms with Gasteiger partial charge in [0.1, 0.15) is 17.4 Å². The first-order chi connectivity index (χ1) is 13.4. The Balaban J connectivity index is 1.64. The van der Waals surface area contributed by atoms with E-state index < -0.39 is 6.04 Å². The largest absolute Gasteiger partial charge is 0.340 e. The number of benzene rings is 1. The Bertz CT molecular complexity index is 856. The van der Waals surface area contributed by atoms with E-state index in [2.05, 4.69) is 14.9 Å². The Morgan fingerprint density at radius 3 is 2.71 bits per heavy atom. The SMILES string of the molecule is Cc1nonc1CC(=O)N1CCN(C)[C@H](C(=O)N(C)Cc2ccccc2Cl)C1. The number of rotatable bonds is 5. The van der Waals surface area contributed by atoms with E-state index in [1.807, 2.05) is 36.2 Å². The number of carbonyl (C=O) groups excluding carboxylic acids is 2. The van der Waals surface area contributed by atoms with Gasteiger partial charge in [0, 0.05) is 38.2 Å². The van der Waals surface area contributed by atoms with Crippen LogP contribution >= 0.6 is 11.6 Å². The third-order valence-electron chi connectivity index (χ3n) is 5.09. The smallest absolute Gasteiger partial charge is 0.241 e. The molecule has 2 heterocycles. The molecular formula is C19H24ClN5O3. The Hall–Kier alpha value is -2.45. The van der Waals surface area contributed by atoms with Gasteiger partial charge in [-0.1, -0.05) is 40.1 Å². The maximum absolute atomic E-state index is 13.0. The van der Waals surface area contributed by atoms with Crippen LogP contribution in [0.25, 0.3) is 0 Å². The normalized spacial score (nSPS) is 17.6. The number of aromatic nitrogens is 2. The lowest BCUT2D eigenvalue weighted by molar-refractivity contribution is -0.142. The summed E-state index contributed by atoms with van der Waals surface area (Å²) in [6, 6.07) is 7.07. The number of hydrogen-bond donors (Lipinski definition) is 0. The molecule has 1 aromatic heterocycles. The van der Waals surface area contributed by atoms with Crippen LogP contribution < -0.4 is 0 Å². The van der Waals surface area contributed by atoms with Gasteiger partial charge in [-0.2, -0.15) is 0 Å². The van der Waals surface area contributed by atoms with Crippen LogP contribution in [0.15, 0.2) is 28.9 Å². The highest BCUT2D eigenvalue weighted by Crippen LogP contribution is 2.18. The molecule has 1 aliphatic rings. The van der Waals surface area contributed by atoms with E-state index >= 15 is 0 Å². The topological polar surface area (TPSA) is 82.8 Å². The fraction of sp³-hybridized carbons (Fsp3) is 0.474. The number of likely N-dealkylation sites (N-methyl/N-ethyl adjacent to an activating group) is 2. The number of aryl methyl sites for hydroxylation is 1. The second-order valence-corrected chi connectivity index (χ2v) is 7.50. The van der Waals surface area contributed by atoms with Crippen molar-refractivity contribution in [2.75, 3.05) is 33.7 Å². The Morgan fingerprint density at radius 1 is 1.29 bits per heavy atom. The summed E-state index contributed by atoms with van der Waals surface area (Å²) in [6.07, 6.45) is 0.120. The summed E-state index contributed by atoms with van der Waals surface area (Å²) in [4.78, 5) is 31.0. The summed E-state index contributed by atoms with van der Waals surface area (Å²) in [6.45, 7) is 3.70. The minimum absolute atomic E-state index is 0.0424. The van der Waals surface area contributed by atoms with Gasteiger partial charge in [-0.15, -0.1) is 0 Å². The van der Waals surface area contributed by atoms with Crippen LogP contribution in [-0.2, 0) is 22.6 Å². The summed E-state index contributed by atoms with van der Waals surface area (Å²) in [5.74, 6) is -0.127. The number of piperazine rings is 1. The van der Waals surface area contributed by atoms with Crippen molar-refractivity contribution < 1.29 is 14.2 Å². The lowest BCUT2D eigenvalue weighted by Gasteiger charge is -2.40. The molecule has 0 saturated carbocycles. The fourth-order valence-electron chi connectivity index (χ4n) is 3.25. The third kappa shape index (κ3) is 4.51. The average Bonchev–Trinajstić information content (AvgIpc) is 3.08. The zero-order valence-corrected chi connectivity index (χ0v) is 17.0. The van der Waals surface area contributed by atoms with Crippen molar-refractivity contribution in [1.29, 1.82) is 0 Å². The highest BCUT2D eigenvalue weighted by Gasteiger charge is 2.34. The van der Waals surface area contributed by atoms with Crippen LogP contribution in [-0.4, -0.2) is 76.6 Å². The van der Waals surface area contributed by atoms with Crippen molar-refractivity contribution in [2.24, 2.45) is 0 Å². The maximum Gasteiger partial charge on any atom is 0.241 e. The van der Waals surface area contributed by atoms with E-state index in [1.54, 1.807) is 23.8 Å². The van der Waals surface area contributed by atoms with Crippen molar-refractivity contribution in [1.82, 2.24) is 25.0 Å². The van der Waals surface area contributed by atoms with Gasteiger partial charge in [-0.3, -0.25) is 14.5 Å². The van der Waals surface area contributed by atoms with Crippen LogP contribution in [0, 0.1) is 6.92 Å². The molecule has 1 saturated heterocycles. The zero-order chi connectivity index (χ0) is 20.3. The van der Waals surface area contributed by atoms with E-state index in [-0.39, 0.29) is 18.2 Å². The average molecular weight is 406 g/mol. The van der Waals surface area contributed by atoms with Crippen LogP contribution in [0.5, 0.6) is 0 Å². The van der Waals surface area contributed by atoms with E-state index in [0.717, 1.165) is 5.56 Å². The standard InChI is InChI=1S/C19H24ClN5O3/c1-13-16(22-28-21-13)10-18(26)25-9-8-23(2)17(12-25)19(27)24(3)11-14-6-4-5-7-15(14)20/h4-7,17H,8-12H2,1-3H3/t17-/m0/s1. The number of amides is 2. The highest BCUT2D eigenvalue weighted by atomic mass is 35.5. The van der Waals surface area contributed by atoms with Gasteiger partial charge in [0.2, 0.25) is 11.8 Å². The molecule has 0 unspecified atom stereocenters. The first-order valence-electron chi connectivity index (χ1n) is 9.11. The minimum atomic E-state index is -0.401. The summed E-state index contributed by atoms with van der Waals surface area (Å²) in [5.41, 5.74) is 2.03. The Morgan fingerprint density at radius 2 is 2.04 bits per heavy atom. The van der Waals surface area contributed by atoms with Gasteiger partial charge in [-0.05, 0) is 25.6 Å². The van der Waals surface area contributed by atoms with E-state index in [1.165, 1.54) is 0 Å². The zero-order valence-electron chi connectivity index (χ0n) is 16.3. The summed E-state index contributed by atoms with van der Waals surface area (Å²) < 4.78 is 4.66. The van der Waals surface area contributed by atoms with Crippen LogP contribution in [0.1, 0.15) is 17.0 Å². The van der Waals surface area contributed by atoms with Crippen LogP contribution in [0.2, 0.25) is 5.02 Å². The summed E-state index contributed by atoms with van der Waals surface area (Å²) in [5, 5.41) is 8.11. The summed E-state index contributed by atoms with van der Waals surface area (Å²) >= 11 is 6.21. The van der Waals surface area contributed by atoms with Gasteiger partial charge in [0.15, 0.2) is 0 Å². The molecule has 150 valence electrons. The molecule has 1 aliphatic heterocycles. The third-order valence-corrected chi connectivity index (χ3v) is 5.46. The van der Waals surface area contributed by atoms with Crippen molar-refractivity contribution in [3.63, 3.8) is 0 Å². The molecule has 2 amide bonds. The molecular weight excluding hydrogens is 382 g/mol. The molecule has 1 aromatic carbocycles. The molecule has 0 radical (unpaired) electrons. The van der Waals surface area contributed by atoms with Gasteiger partial charge < -0.3 is 9.80 Å². The molecule has 9 heteroatoms. The predicted molar refractivity (Wildman–Crippen MR) is 104 cm³/mol. The van der Waals surface area contributed by atoms with Crippen molar-refractivity contribution in [3.8, 4) is 0 Å². The predicted octanol–water partition coefficient (Wildman–Crippen LogP) is 1.38. The van der Waals surface area contributed by atoms with Crippen molar-refractivity contribution in [2.45, 2.75) is 25.9 Å². The number of hydrogen-bond acceptors (Lipinski definition) is 6. The first kappa shape index (κ1) is 20.3. The second-order valence-electron chi connectivity index (χ2n) is 7.09.